The number of fused-ring (bicyclic) bond motifs is 1. The van der Waals surface area contributed by atoms with Gasteiger partial charge in [-0.25, -0.2) is 4.98 Å². The van der Waals surface area contributed by atoms with Gasteiger partial charge in [0.2, 0.25) is 0 Å². The van der Waals surface area contributed by atoms with E-state index in [4.69, 9.17) is 10.7 Å². The first kappa shape index (κ1) is 15.6. The lowest BCUT2D eigenvalue weighted by molar-refractivity contribution is 0.0995. The molecule has 2 N–H and O–H groups in total. The van der Waals surface area contributed by atoms with Gasteiger partial charge in [-0.2, -0.15) is 0 Å². The highest BCUT2D eigenvalue weighted by molar-refractivity contribution is 7.11. The van der Waals surface area contributed by atoms with Crippen molar-refractivity contribution in [3.8, 4) is 0 Å². The van der Waals surface area contributed by atoms with Crippen molar-refractivity contribution < 1.29 is 4.79 Å². The number of aromatic nitrogens is 2. The van der Waals surface area contributed by atoms with Gasteiger partial charge in [0.05, 0.1) is 10.7 Å². The second-order valence-corrected chi connectivity index (χ2v) is 7.79. The molecule has 2 aromatic heterocycles. The van der Waals surface area contributed by atoms with Crippen LogP contribution in [0.5, 0.6) is 0 Å². The summed E-state index contributed by atoms with van der Waals surface area (Å²) in [5.74, 6) is 0.0116. The molecule has 1 fully saturated rings. The summed E-state index contributed by atoms with van der Waals surface area (Å²) in [5, 5.41) is 1.30. The van der Waals surface area contributed by atoms with Gasteiger partial charge in [-0.05, 0) is 50.7 Å². The fourth-order valence-corrected chi connectivity index (χ4v) is 4.99. The normalized spacial score (nSPS) is 20.7. The molecule has 1 unspecified atom stereocenters. The van der Waals surface area contributed by atoms with Crippen molar-refractivity contribution in [2.45, 2.75) is 44.4 Å². The summed E-state index contributed by atoms with van der Waals surface area (Å²) < 4.78 is 0. The van der Waals surface area contributed by atoms with Crippen LogP contribution in [-0.4, -0.2) is 29.0 Å². The number of hydrogen-bond donors (Lipinski definition) is 1. The number of aryl methyl sites for hydroxylation is 2. The summed E-state index contributed by atoms with van der Waals surface area (Å²) >= 11 is 1.92. The average Bonchev–Trinajstić information content (AvgIpc) is 3.06. The lowest BCUT2D eigenvalue weighted by atomic mass is 9.98. The third kappa shape index (κ3) is 3.02. The van der Waals surface area contributed by atoms with Crippen molar-refractivity contribution in [2.24, 2.45) is 5.73 Å². The van der Waals surface area contributed by atoms with Crippen LogP contribution < -0.4 is 10.6 Å². The molecular weight excluding hydrogens is 320 g/mol. The minimum Gasteiger partial charge on any atom is -0.371 e. The molecule has 1 aliphatic heterocycles. The molecule has 0 saturated carbocycles. The fourth-order valence-electron chi connectivity index (χ4n) is 3.71. The monoisotopic (exact) mass is 342 g/mol. The number of primary amides is 1. The smallest absolute Gasteiger partial charge is 0.267 e. The Labute approximate surface area is 145 Å². The number of anilines is 1. The summed E-state index contributed by atoms with van der Waals surface area (Å²) in [6.45, 7) is 1.96. The minimum absolute atomic E-state index is 0.333. The van der Waals surface area contributed by atoms with Crippen molar-refractivity contribution in [1.29, 1.82) is 0 Å². The van der Waals surface area contributed by atoms with Crippen LogP contribution in [0.3, 0.4) is 0 Å². The van der Waals surface area contributed by atoms with Crippen molar-refractivity contribution >= 4 is 22.9 Å². The number of piperidine rings is 1. The van der Waals surface area contributed by atoms with Crippen LogP contribution in [0, 0.1) is 0 Å². The molecule has 1 atom stereocenters. The topological polar surface area (TPSA) is 72.1 Å². The molecule has 1 amide bonds. The molecule has 5 nitrogen and oxygen atoms in total. The van der Waals surface area contributed by atoms with E-state index in [9.17, 15) is 4.79 Å². The van der Waals surface area contributed by atoms with Crippen molar-refractivity contribution in [1.82, 2.24) is 9.97 Å². The molecular formula is C18H22N4OS. The van der Waals surface area contributed by atoms with Crippen molar-refractivity contribution in [2.75, 3.05) is 18.0 Å². The van der Waals surface area contributed by atoms with Gasteiger partial charge in [-0.1, -0.05) is 0 Å². The Morgan fingerprint density at radius 2 is 2.17 bits per heavy atom. The highest BCUT2D eigenvalue weighted by Crippen LogP contribution is 2.35. The first-order valence-electron chi connectivity index (χ1n) is 8.70. The van der Waals surface area contributed by atoms with Crippen molar-refractivity contribution in [3.05, 3.63) is 39.6 Å². The third-order valence-corrected chi connectivity index (χ3v) is 6.31. The predicted octanol–water partition coefficient (Wildman–Crippen LogP) is 2.90. The minimum atomic E-state index is -0.474. The molecule has 1 saturated heterocycles. The van der Waals surface area contributed by atoms with E-state index in [2.05, 4.69) is 9.88 Å². The Morgan fingerprint density at radius 3 is 3.00 bits per heavy atom. The zero-order valence-electron chi connectivity index (χ0n) is 13.7. The quantitative estimate of drug-likeness (QED) is 0.931. The number of amides is 1. The number of hydrogen-bond acceptors (Lipinski definition) is 5. The largest absolute Gasteiger partial charge is 0.371 e. The number of thiazole rings is 1. The van der Waals surface area contributed by atoms with Gasteiger partial charge in [0.1, 0.15) is 5.69 Å². The zero-order chi connectivity index (χ0) is 16.5. The summed E-state index contributed by atoms with van der Waals surface area (Å²) in [5.41, 5.74) is 8.07. The van der Waals surface area contributed by atoms with E-state index >= 15 is 0 Å². The van der Waals surface area contributed by atoms with Gasteiger partial charge in [-0.3, -0.25) is 9.78 Å². The van der Waals surface area contributed by atoms with Crippen LogP contribution in [-0.2, 0) is 12.8 Å². The van der Waals surface area contributed by atoms with E-state index in [0.29, 0.717) is 11.6 Å². The number of nitrogens with two attached hydrogens (primary N) is 1. The summed E-state index contributed by atoms with van der Waals surface area (Å²) in [6, 6.07) is 3.76. The molecule has 3 heterocycles. The molecule has 2 aliphatic rings. The molecule has 2 aromatic rings. The zero-order valence-corrected chi connectivity index (χ0v) is 14.5. The standard InChI is InChI=1S/C18H22N4OS/c19-17(23)15-10-13(7-8-20-15)22-9-3-4-12(11-22)18-21-14-5-1-2-6-16(14)24-18/h7-8,10,12H,1-6,9,11H2,(H2,19,23). The van der Waals surface area contributed by atoms with Gasteiger partial charge in [0, 0.05) is 35.8 Å². The Bertz CT molecular complexity index is 734. The van der Waals surface area contributed by atoms with Gasteiger partial charge < -0.3 is 10.6 Å². The second kappa shape index (κ2) is 6.51. The number of rotatable bonds is 3. The van der Waals surface area contributed by atoms with Gasteiger partial charge in [0.25, 0.3) is 5.91 Å². The highest BCUT2D eigenvalue weighted by Gasteiger charge is 2.26. The van der Waals surface area contributed by atoms with Gasteiger partial charge >= 0.3 is 0 Å². The molecule has 4 rings (SSSR count). The predicted molar refractivity (Wildman–Crippen MR) is 95.7 cm³/mol. The van der Waals surface area contributed by atoms with Crippen molar-refractivity contribution in [3.63, 3.8) is 0 Å². The fraction of sp³-hybridized carbons (Fsp3) is 0.500. The van der Waals surface area contributed by atoms with Crippen LogP contribution in [0.1, 0.15) is 57.7 Å². The number of carbonyl (C=O) groups is 1. The molecule has 24 heavy (non-hydrogen) atoms. The Morgan fingerprint density at radius 1 is 1.29 bits per heavy atom. The van der Waals surface area contributed by atoms with E-state index in [1.54, 1.807) is 12.3 Å². The first-order valence-corrected chi connectivity index (χ1v) is 9.51. The van der Waals surface area contributed by atoms with Crippen LogP contribution in [0.25, 0.3) is 0 Å². The Hall–Kier alpha value is -1.95. The molecule has 126 valence electrons. The molecule has 0 bridgehead atoms. The van der Waals surface area contributed by atoms with Crippen LogP contribution in [0.2, 0.25) is 0 Å². The van der Waals surface area contributed by atoms with E-state index in [0.717, 1.165) is 31.6 Å². The molecule has 1 aliphatic carbocycles. The summed E-state index contributed by atoms with van der Waals surface area (Å²) in [4.78, 5) is 24.2. The third-order valence-electron chi connectivity index (χ3n) is 4.99. The average molecular weight is 342 g/mol. The highest BCUT2D eigenvalue weighted by atomic mass is 32.1. The maximum Gasteiger partial charge on any atom is 0.267 e. The number of carbonyl (C=O) groups excluding carboxylic acids is 1. The van der Waals surface area contributed by atoms with Crippen LogP contribution in [0.4, 0.5) is 5.69 Å². The Balaban J connectivity index is 1.54. The molecule has 0 spiro atoms. The lowest BCUT2D eigenvalue weighted by Gasteiger charge is -2.33. The summed E-state index contributed by atoms with van der Waals surface area (Å²) in [6.07, 6.45) is 8.93. The van der Waals surface area contributed by atoms with E-state index in [-0.39, 0.29) is 0 Å². The van der Waals surface area contributed by atoms with Gasteiger partial charge in [-0.15, -0.1) is 11.3 Å². The van der Waals surface area contributed by atoms with Gasteiger partial charge in [0.15, 0.2) is 0 Å². The van der Waals surface area contributed by atoms with Crippen LogP contribution in [0.15, 0.2) is 18.3 Å². The maximum absolute atomic E-state index is 11.4. The first-order chi connectivity index (χ1) is 11.7. The number of pyridine rings is 1. The molecule has 6 heteroatoms. The number of nitrogens with zero attached hydrogens (tertiary/aromatic N) is 3. The van der Waals surface area contributed by atoms with E-state index in [1.807, 2.05) is 17.4 Å². The summed E-state index contributed by atoms with van der Waals surface area (Å²) in [7, 11) is 0. The second-order valence-electron chi connectivity index (χ2n) is 6.68. The SMILES string of the molecule is NC(=O)c1cc(N2CCCC(c3nc4c(s3)CCCC4)C2)ccn1. The van der Waals surface area contributed by atoms with Crippen LogP contribution >= 0.6 is 11.3 Å². The maximum atomic E-state index is 11.4. The molecule has 0 radical (unpaired) electrons. The Kier molecular flexibility index (Phi) is 4.22. The van der Waals surface area contributed by atoms with E-state index < -0.39 is 5.91 Å². The molecule has 0 aromatic carbocycles. The van der Waals surface area contributed by atoms with E-state index in [1.165, 1.54) is 41.3 Å². The lowest BCUT2D eigenvalue weighted by Crippen LogP contribution is -2.34.